The number of anilines is 1. The van der Waals surface area contributed by atoms with Crippen LogP contribution in [0.3, 0.4) is 0 Å². The Kier molecular flexibility index (Phi) is 12.3. The fraction of sp³-hybridized carbons (Fsp3) is 0.516. The Bertz CT molecular complexity index is 1120. The molecule has 214 valence electrons. The van der Waals surface area contributed by atoms with Crippen molar-refractivity contribution >= 4 is 35.2 Å². The molecular formula is C31H44ClN3O4. The first-order valence-electron chi connectivity index (χ1n) is 13.7. The van der Waals surface area contributed by atoms with E-state index < -0.39 is 17.7 Å². The summed E-state index contributed by atoms with van der Waals surface area (Å²) in [6, 6.07) is 10.4. The number of nitrogens with zero attached hydrogens (tertiary/aromatic N) is 1. The molecule has 2 aromatic rings. The number of unbranched alkanes of at least 4 members (excludes halogenated alkanes) is 4. The van der Waals surface area contributed by atoms with Gasteiger partial charge < -0.3 is 20.3 Å². The van der Waals surface area contributed by atoms with Crippen molar-refractivity contribution < 1.29 is 19.1 Å². The maximum absolute atomic E-state index is 14.0. The van der Waals surface area contributed by atoms with Crippen LogP contribution in [0, 0.1) is 20.8 Å². The van der Waals surface area contributed by atoms with Gasteiger partial charge in [-0.2, -0.15) is 0 Å². The smallest absolute Gasteiger partial charge is 0.408 e. The number of benzene rings is 2. The van der Waals surface area contributed by atoms with Crippen molar-refractivity contribution in [2.24, 2.45) is 0 Å². The quantitative estimate of drug-likeness (QED) is 0.269. The minimum atomic E-state index is -0.917. The van der Waals surface area contributed by atoms with Gasteiger partial charge in [0.2, 0.25) is 5.91 Å². The van der Waals surface area contributed by atoms with Crippen molar-refractivity contribution in [2.45, 2.75) is 92.2 Å². The van der Waals surface area contributed by atoms with Gasteiger partial charge in [-0.1, -0.05) is 80.1 Å². The van der Waals surface area contributed by atoms with E-state index in [1.165, 1.54) is 0 Å². The normalized spacial score (nSPS) is 12.0. The minimum Gasteiger partial charge on any atom is -0.444 e. The van der Waals surface area contributed by atoms with Crippen LogP contribution in [0.5, 0.6) is 0 Å². The van der Waals surface area contributed by atoms with Crippen molar-refractivity contribution in [1.29, 1.82) is 0 Å². The van der Waals surface area contributed by atoms with Gasteiger partial charge in [-0.05, 0) is 70.7 Å². The summed E-state index contributed by atoms with van der Waals surface area (Å²) in [6.45, 7) is 13.3. The summed E-state index contributed by atoms with van der Waals surface area (Å²) in [7, 11) is 0. The van der Waals surface area contributed by atoms with Crippen molar-refractivity contribution in [2.75, 3.05) is 18.4 Å². The topological polar surface area (TPSA) is 87.7 Å². The van der Waals surface area contributed by atoms with Gasteiger partial charge in [0.15, 0.2) is 0 Å². The summed E-state index contributed by atoms with van der Waals surface area (Å²) >= 11 is 6.44. The van der Waals surface area contributed by atoms with Crippen LogP contribution in [0.1, 0.15) is 88.1 Å². The van der Waals surface area contributed by atoms with E-state index in [2.05, 4.69) is 17.6 Å². The number of amides is 3. The Balaban J connectivity index is 2.46. The van der Waals surface area contributed by atoms with Crippen LogP contribution in [-0.2, 0) is 14.3 Å². The van der Waals surface area contributed by atoms with Crippen LogP contribution in [0.15, 0.2) is 36.4 Å². The summed E-state index contributed by atoms with van der Waals surface area (Å²) in [5.74, 6) is -0.729. The lowest BCUT2D eigenvalue weighted by atomic mass is 9.96. The molecule has 0 aliphatic carbocycles. The van der Waals surface area contributed by atoms with Crippen molar-refractivity contribution in [3.05, 3.63) is 63.7 Å². The molecule has 1 atom stereocenters. The lowest BCUT2D eigenvalue weighted by Gasteiger charge is -2.33. The lowest BCUT2D eigenvalue weighted by Crippen LogP contribution is -2.47. The molecule has 0 spiro atoms. The SMILES string of the molecule is CCCCCCCN(C(=O)CNC(=O)OC(C)(C)C)C(C(=O)Nc1c(C)cccc1Cl)c1cc(C)ccc1C. The summed E-state index contributed by atoms with van der Waals surface area (Å²) in [5.41, 5.74) is 3.24. The van der Waals surface area contributed by atoms with Gasteiger partial charge in [-0.15, -0.1) is 0 Å². The summed E-state index contributed by atoms with van der Waals surface area (Å²) in [6.07, 6.45) is 4.25. The monoisotopic (exact) mass is 557 g/mol. The zero-order chi connectivity index (χ0) is 29.2. The van der Waals surface area contributed by atoms with E-state index in [-0.39, 0.29) is 18.4 Å². The molecule has 0 saturated carbocycles. The molecule has 0 saturated heterocycles. The van der Waals surface area contributed by atoms with Crippen LogP contribution in [0.4, 0.5) is 10.5 Å². The van der Waals surface area contributed by atoms with Gasteiger partial charge in [0, 0.05) is 6.54 Å². The average molecular weight is 558 g/mol. The number of aryl methyl sites for hydroxylation is 3. The summed E-state index contributed by atoms with van der Waals surface area (Å²) in [5, 5.41) is 5.98. The van der Waals surface area contributed by atoms with E-state index in [1.807, 2.05) is 51.1 Å². The number of carbonyl (C=O) groups excluding carboxylic acids is 3. The number of para-hydroxylation sites is 1. The van der Waals surface area contributed by atoms with E-state index in [0.29, 0.717) is 17.3 Å². The second-order valence-electron chi connectivity index (χ2n) is 11.0. The first-order valence-corrected chi connectivity index (χ1v) is 14.1. The largest absolute Gasteiger partial charge is 0.444 e. The highest BCUT2D eigenvalue weighted by molar-refractivity contribution is 6.34. The maximum atomic E-state index is 14.0. The molecule has 8 heteroatoms. The third-order valence-electron chi connectivity index (χ3n) is 6.37. The predicted octanol–water partition coefficient (Wildman–Crippen LogP) is 7.27. The van der Waals surface area contributed by atoms with E-state index in [4.69, 9.17) is 16.3 Å². The molecule has 0 radical (unpaired) electrons. The zero-order valence-corrected chi connectivity index (χ0v) is 25.2. The molecule has 0 heterocycles. The molecular weight excluding hydrogens is 514 g/mol. The molecule has 0 fully saturated rings. The van der Waals surface area contributed by atoms with Gasteiger partial charge in [0.05, 0.1) is 10.7 Å². The highest BCUT2D eigenvalue weighted by atomic mass is 35.5. The predicted molar refractivity (Wildman–Crippen MR) is 158 cm³/mol. The summed E-state index contributed by atoms with van der Waals surface area (Å²) < 4.78 is 5.31. The van der Waals surface area contributed by atoms with Gasteiger partial charge in [0.1, 0.15) is 18.2 Å². The minimum absolute atomic E-state index is 0.288. The number of alkyl carbamates (subject to hydrolysis) is 1. The van der Waals surface area contributed by atoms with Crippen LogP contribution in [-0.4, -0.2) is 41.5 Å². The Morgan fingerprint density at radius 3 is 2.31 bits per heavy atom. The second kappa shape index (κ2) is 14.9. The number of nitrogens with one attached hydrogen (secondary N) is 2. The molecule has 3 amide bonds. The van der Waals surface area contributed by atoms with Crippen LogP contribution >= 0.6 is 11.6 Å². The molecule has 0 aliphatic heterocycles. The van der Waals surface area contributed by atoms with E-state index in [0.717, 1.165) is 54.4 Å². The fourth-order valence-corrected chi connectivity index (χ4v) is 4.60. The van der Waals surface area contributed by atoms with Crippen molar-refractivity contribution in [3.63, 3.8) is 0 Å². The fourth-order valence-electron chi connectivity index (χ4n) is 4.33. The molecule has 2 aromatic carbocycles. The summed E-state index contributed by atoms with van der Waals surface area (Å²) in [4.78, 5) is 41.6. The van der Waals surface area contributed by atoms with Crippen molar-refractivity contribution in [1.82, 2.24) is 10.2 Å². The highest BCUT2D eigenvalue weighted by Crippen LogP contribution is 2.31. The average Bonchev–Trinajstić information content (AvgIpc) is 2.84. The molecule has 7 nitrogen and oxygen atoms in total. The highest BCUT2D eigenvalue weighted by Gasteiger charge is 2.33. The van der Waals surface area contributed by atoms with Crippen LogP contribution in [0.25, 0.3) is 0 Å². The molecule has 1 unspecified atom stereocenters. The first-order chi connectivity index (χ1) is 18.3. The van der Waals surface area contributed by atoms with E-state index in [9.17, 15) is 14.4 Å². The zero-order valence-electron chi connectivity index (χ0n) is 24.4. The molecule has 0 aliphatic rings. The van der Waals surface area contributed by atoms with Crippen LogP contribution in [0.2, 0.25) is 5.02 Å². The van der Waals surface area contributed by atoms with Crippen molar-refractivity contribution in [3.8, 4) is 0 Å². The standard InChI is InChI=1S/C31H44ClN3O4/c1-8-9-10-11-12-18-35(26(36)20-33-30(38)39-31(5,6)7)28(24-19-21(2)16-17-22(24)3)29(37)34-27-23(4)14-13-15-25(27)32/h13-17,19,28H,8-12,18,20H2,1-7H3,(H,33,38)(H,34,37). The van der Waals surface area contributed by atoms with E-state index >= 15 is 0 Å². The number of ether oxygens (including phenoxy) is 1. The van der Waals surface area contributed by atoms with Gasteiger partial charge >= 0.3 is 6.09 Å². The molecule has 39 heavy (non-hydrogen) atoms. The van der Waals surface area contributed by atoms with Gasteiger partial charge in [0.25, 0.3) is 5.91 Å². The first kappa shape index (κ1) is 32.2. The Labute approximate surface area is 238 Å². The Hall–Kier alpha value is -3.06. The van der Waals surface area contributed by atoms with Crippen LogP contribution < -0.4 is 10.6 Å². The third kappa shape index (κ3) is 10.2. The molecule has 2 rings (SSSR count). The number of carbonyl (C=O) groups is 3. The van der Waals surface area contributed by atoms with Gasteiger partial charge in [-0.25, -0.2) is 4.79 Å². The number of hydrogen-bond acceptors (Lipinski definition) is 4. The lowest BCUT2D eigenvalue weighted by molar-refractivity contribution is -0.138. The van der Waals surface area contributed by atoms with E-state index in [1.54, 1.807) is 31.7 Å². The second-order valence-corrected chi connectivity index (χ2v) is 11.4. The molecule has 2 N–H and O–H groups in total. The third-order valence-corrected chi connectivity index (χ3v) is 6.68. The van der Waals surface area contributed by atoms with Gasteiger partial charge in [-0.3, -0.25) is 9.59 Å². The Morgan fingerprint density at radius 1 is 0.974 bits per heavy atom. The number of rotatable bonds is 12. The molecule has 0 aromatic heterocycles. The maximum Gasteiger partial charge on any atom is 0.408 e. The Morgan fingerprint density at radius 2 is 1.67 bits per heavy atom. The number of halogens is 1. The number of hydrogen-bond donors (Lipinski definition) is 2. The molecule has 0 bridgehead atoms.